The summed E-state index contributed by atoms with van der Waals surface area (Å²) < 4.78 is 40.2. The van der Waals surface area contributed by atoms with E-state index in [1.807, 2.05) is 11.0 Å². The van der Waals surface area contributed by atoms with E-state index in [0.717, 1.165) is 32.1 Å². The highest BCUT2D eigenvalue weighted by Gasteiger charge is 2.31. The van der Waals surface area contributed by atoms with Crippen molar-refractivity contribution in [1.82, 2.24) is 19.7 Å². The van der Waals surface area contributed by atoms with Crippen molar-refractivity contribution in [3.8, 4) is 11.3 Å². The molecule has 1 aromatic heterocycles. The molecule has 1 fully saturated rings. The molecule has 4 rings (SSSR count). The standard InChI is InChI=1S/C24H26F3N5O2/c25-24(26,27)19-9-6-10-20(17-19)31-15-13-30(14-16-31)11-4-5-12-32-23(34)28-22(33)21(29-32)18-7-2-1-3-8-18/h1-3,6-10,17H,4-5,11-16H2,(H,28,33,34). The normalized spacial score (nSPS) is 15.0. The van der Waals surface area contributed by atoms with E-state index in [0.29, 0.717) is 37.3 Å². The first kappa shape index (κ1) is 23.7. The molecule has 0 amide bonds. The Morgan fingerprint density at radius 2 is 1.59 bits per heavy atom. The maximum Gasteiger partial charge on any atom is 0.416 e. The molecule has 2 heterocycles. The number of nitrogens with zero attached hydrogens (tertiary/aromatic N) is 4. The molecule has 0 unspecified atom stereocenters. The maximum atomic E-state index is 13.0. The summed E-state index contributed by atoms with van der Waals surface area (Å²) in [7, 11) is 0. The van der Waals surface area contributed by atoms with E-state index in [-0.39, 0.29) is 5.69 Å². The van der Waals surface area contributed by atoms with Crippen LogP contribution in [0.15, 0.2) is 64.2 Å². The van der Waals surface area contributed by atoms with Crippen LogP contribution in [0, 0.1) is 0 Å². The van der Waals surface area contributed by atoms with Gasteiger partial charge in [-0.1, -0.05) is 36.4 Å². The number of aromatic nitrogens is 3. The molecule has 34 heavy (non-hydrogen) atoms. The van der Waals surface area contributed by atoms with Crippen molar-refractivity contribution in [3.63, 3.8) is 0 Å². The molecular formula is C24H26F3N5O2. The van der Waals surface area contributed by atoms with Crippen LogP contribution < -0.4 is 16.1 Å². The molecule has 180 valence electrons. The van der Waals surface area contributed by atoms with Gasteiger partial charge in [-0.25, -0.2) is 9.48 Å². The minimum absolute atomic E-state index is 0.214. The molecule has 0 atom stereocenters. The van der Waals surface area contributed by atoms with Gasteiger partial charge in [0.1, 0.15) is 0 Å². The molecule has 2 aromatic carbocycles. The lowest BCUT2D eigenvalue weighted by Gasteiger charge is -2.36. The Kier molecular flexibility index (Phi) is 7.16. The Morgan fingerprint density at radius 3 is 2.29 bits per heavy atom. The second kappa shape index (κ2) is 10.3. The van der Waals surface area contributed by atoms with Crippen LogP contribution >= 0.6 is 0 Å². The molecule has 1 N–H and O–H groups in total. The third kappa shape index (κ3) is 5.74. The van der Waals surface area contributed by atoms with Crippen LogP contribution in [0.4, 0.5) is 18.9 Å². The second-order valence-electron chi connectivity index (χ2n) is 8.28. The smallest absolute Gasteiger partial charge is 0.369 e. The van der Waals surface area contributed by atoms with E-state index in [1.54, 1.807) is 30.3 Å². The topological polar surface area (TPSA) is 74.2 Å². The SMILES string of the molecule is O=c1[nH]c(=O)n(CCCCN2CCN(c3cccc(C(F)(F)F)c3)CC2)nc1-c1ccccc1. The number of rotatable bonds is 7. The second-order valence-corrected chi connectivity index (χ2v) is 8.28. The fourth-order valence-electron chi connectivity index (χ4n) is 4.07. The average molecular weight is 473 g/mol. The quantitative estimate of drug-likeness (QED) is 0.534. The van der Waals surface area contributed by atoms with Gasteiger partial charge in [0, 0.05) is 44.0 Å². The minimum atomic E-state index is -4.34. The Morgan fingerprint density at radius 1 is 0.882 bits per heavy atom. The molecule has 1 saturated heterocycles. The molecule has 3 aromatic rings. The highest BCUT2D eigenvalue weighted by Crippen LogP contribution is 2.31. The van der Waals surface area contributed by atoms with Gasteiger partial charge in [0.2, 0.25) is 0 Å². The molecule has 0 bridgehead atoms. The van der Waals surface area contributed by atoms with Gasteiger partial charge in [-0.05, 0) is 37.6 Å². The monoisotopic (exact) mass is 473 g/mol. The molecular weight excluding hydrogens is 447 g/mol. The summed E-state index contributed by atoms with van der Waals surface area (Å²) in [6.07, 6.45) is -2.80. The lowest BCUT2D eigenvalue weighted by atomic mass is 10.1. The molecule has 1 aliphatic heterocycles. The number of aryl methyl sites for hydroxylation is 1. The molecule has 1 aliphatic rings. The van der Waals surface area contributed by atoms with Crippen LogP contribution in [0.5, 0.6) is 0 Å². The number of aromatic amines is 1. The van der Waals surface area contributed by atoms with E-state index in [9.17, 15) is 22.8 Å². The number of piperazine rings is 1. The number of hydrogen-bond donors (Lipinski definition) is 1. The Balaban J connectivity index is 1.27. The van der Waals surface area contributed by atoms with E-state index < -0.39 is 23.0 Å². The summed E-state index contributed by atoms with van der Waals surface area (Å²) in [4.78, 5) is 30.8. The lowest BCUT2D eigenvalue weighted by Crippen LogP contribution is -2.46. The predicted octanol–water partition coefficient (Wildman–Crippen LogP) is 3.22. The van der Waals surface area contributed by atoms with Gasteiger partial charge in [0.15, 0.2) is 5.69 Å². The summed E-state index contributed by atoms with van der Waals surface area (Å²) in [6, 6.07) is 14.4. The van der Waals surface area contributed by atoms with Crippen molar-refractivity contribution in [2.45, 2.75) is 25.6 Å². The van der Waals surface area contributed by atoms with Crippen LogP contribution in [0.25, 0.3) is 11.3 Å². The van der Waals surface area contributed by atoms with Gasteiger partial charge in [-0.15, -0.1) is 0 Å². The van der Waals surface area contributed by atoms with Crippen molar-refractivity contribution in [2.75, 3.05) is 37.6 Å². The number of benzene rings is 2. The van der Waals surface area contributed by atoms with Crippen molar-refractivity contribution in [2.24, 2.45) is 0 Å². The van der Waals surface area contributed by atoms with Gasteiger partial charge in [-0.3, -0.25) is 14.7 Å². The van der Waals surface area contributed by atoms with E-state index >= 15 is 0 Å². The van der Waals surface area contributed by atoms with E-state index in [2.05, 4.69) is 15.0 Å². The fourth-order valence-corrected chi connectivity index (χ4v) is 4.07. The largest absolute Gasteiger partial charge is 0.416 e. The third-order valence-corrected chi connectivity index (χ3v) is 5.94. The first-order chi connectivity index (χ1) is 16.3. The summed E-state index contributed by atoms with van der Waals surface area (Å²) in [6.45, 7) is 4.03. The Bertz CT molecular complexity index is 1220. The number of nitrogens with one attached hydrogen (secondary N) is 1. The molecule has 0 radical (unpaired) electrons. The maximum absolute atomic E-state index is 13.0. The van der Waals surface area contributed by atoms with E-state index in [4.69, 9.17) is 0 Å². The zero-order chi connectivity index (χ0) is 24.1. The fraction of sp³-hybridized carbons (Fsp3) is 0.375. The lowest BCUT2D eigenvalue weighted by molar-refractivity contribution is -0.137. The molecule has 0 spiro atoms. The van der Waals surface area contributed by atoms with Crippen molar-refractivity contribution < 1.29 is 13.2 Å². The average Bonchev–Trinajstić information content (AvgIpc) is 2.83. The zero-order valence-corrected chi connectivity index (χ0v) is 18.6. The van der Waals surface area contributed by atoms with Crippen LogP contribution in [-0.4, -0.2) is 52.4 Å². The Hall–Kier alpha value is -3.40. The van der Waals surface area contributed by atoms with Crippen molar-refractivity contribution >= 4 is 5.69 Å². The number of H-pyrrole nitrogens is 1. The minimum Gasteiger partial charge on any atom is -0.369 e. The van der Waals surface area contributed by atoms with Gasteiger partial charge in [0.25, 0.3) is 5.56 Å². The summed E-state index contributed by atoms with van der Waals surface area (Å²) >= 11 is 0. The molecule has 10 heteroatoms. The van der Waals surface area contributed by atoms with Crippen LogP contribution in [0.2, 0.25) is 0 Å². The number of anilines is 1. The van der Waals surface area contributed by atoms with Crippen molar-refractivity contribution in [1.29, 1.82) is 0 Å². The highest BCUT2D eigenvalue weighted by atomic mass is 19.4. The van der Waals surface area contributed by atoms with Gasteiger partial charge in [-0.2, -0.15) is 18.3 Å². The van der Waals surface area contributed by atoms with E-state index in [1.165, 1.54) is 16.8 Å². The number of halogens is 3. The Labute approximate surface area is 194 Å². The molecule has 0 saturated carbocycles. The molecule has 0 aliphatic carbocycles. The third-order valence-electron chi connectivity index (χ3n) is 5.94. The van der Waals surface area contributed by atoms with Gasteiger partial charge in [0.05, 0.1) is 5.56 Å². The summed E-state index contributed by atoms with van der Waals surface area (Å²) in [5.74, 6) is 0. The number of alkyl halides is 3. The summed E-state index contributed by atoms with van der Waals surface area (Å²) in [5.41, 5.74) is -0.214. The van der Waals surface area contributed by atoms with Crippen LogP contribution in [0.1, 0.15) is 18.4 Å². The zero-order valence-electron chi connectivity index (χ0n) is 18.6. The first-order valence-electron chi connectivity index (χ1n) is 11.2. The van der Waals surface area contributed by atoms with Crippen LogP contribution in [0.3, 0.4) is 0 Å². The predicted molar refractivity (Wildman–Crippen MR) is 124 cm³/mol. The van der Waals surface area contributed by atoms with Crippen molar-refractivity contribution in [3.05, 3.63) is 81.0 Å². The number of unbranched alkanes of at least 4 members (excludes halogenated alkanes) is 1. The first-order valence-corrected chi connectivity index (χ1v) is 11.2. The number of hydrogen-bond acceptors (Lipinski definition) is 5. The summed E-state index contributed by atoms with van der Waals surface area (Å²) in [5, 5.41) is 4.25. The highest BCUT2D eigenvalue weighted by molar-refractivity contribution is 5.56. The van der Waals surface area contributed by atoms with Crippen LogP contribution in [-0.2, 0) is 12.7 Å². The van der Waals surface area contributed by atoms with Gasteiger partial charge >= 0.3 is 11.9 Å². The van der Waals surface area contributed by atoms with Gasteiger partial charge < -0.3 is 4.90 Å². The molecule has 7 nitrogen and oxygen atoms in total.